The topological polar surface area (TPSA) is 46.1 Å². The van der Waals surface area contributed by atoms with E-state index in [-0.39, 0.29) is 11.3 Å². The van der Waals surface area contributed by atoms with Gasteiger partial charge in [-0.05, 0) is 45.6 Å². The molecule has 2 fully saturated rings. The smallest absolute Gasteiger partial charge is 0.256 e. The van der Waals surface area contributed by atoms with E-state index < -0.39 is 0 Å². The number of piperidine rings is 1. The molecule has 102 valence electrons. The van der Waals surface area contributed by atoms with E-state index in [0.717, 1.165) is 31.4 Å². The second-order valence-electron chi connectivity index (χ2n) is 5.65. The fourth-order valence-corrected chi connectivity index (χ4v) is 3.76. The first-order valence-electron chi connectivity index (χ1n) is 6.84. The number of carbonyl (C=O) groups is 1. The zero-order chi connectivity index (χ0) is 13.6. The molecule has 1 amide bonds. The fraction of sp³-hybridized carbons (Fsp3) is 0.643. The molecule has 2 bridgehead atoms. The van der Waals surface area contributed by atoms with Gasteiger partial charge in [-0.3, -0.25) is 4.79 Å². The molecule has 0 saturated carbocycles. The molecule has 3 heterocycles. The summed E-state index contributed by atoms with van der Waals surface area (Å²) in [6.45, 7) is 3.71. The van der Waals surface area contributed by atoms with E-state index in [9.17, 15) is 4.79 Å². The minimum atomic E-state index is 0.103. The first-order valence-corrected chi connectivity index (χ1v) is 7.27. The first-order chi connectivity index (χ1) is 9.06. The van der Waals surface area contributed by atoms with Gasteiger partial charge in [-0.25, -0.2) is 0 Å². The highest BCUT2D eigenvalue weighted by atomic mass is 35.5. The monoisotopic (exact) mass is 279 g/mol. The number of aromatic nitrogens is 2. The number of nitrogens with zero attached hydrogens (tertiary/aromatic N) is 3. The van der Waals surface area contributed by atoms with Crippen molar-refractivity contribution in [2.45, 2.75) is 57.0 Å². The Morgan fingerprint density at radius 1 is 1.26 bits per heavy atom. The molecule has 0 radical (unpaired) electrons. The number of carbonyl (C=O) groups excluding carboxylic acids is 1. The van der Waals surface area contributed by atoms with Crippen LogP contribution in [0.15, 0.2) is 6.07 Å². The maximum absolute atomic E-state index is 12.8. The van der Waals surface area contributed by atoms with Gasteiger partial charge in [0.2, 0.25) is 0 Å². The average Bonchev–Trinajstić information content (AvgIpc) is 2.64. The number of halogens is 1. The van der Waals surface area contributed by atoms with Gasteiger partial charge in [0.25, 0.3) is 5.91 Å². The van der Waals surface area contributed by atoms with E-state index in [0.29, 0.717) is 23.3 Å². The Morgan fingerprint density at radius 2 is 1.89 bits per heavy atom. The van der Waals surface area contributed by atoms with Crippen LogP contribution >= 0.6 is 11.6 Å². The number of rotatable bonds is 1. The summed E-state index contributed by atoms with van der Waals surface area (Å²) in [7, 11) is 0. The summed E-state index contributed by atoms with van der Waals surface area (Å²) in [5.74, 6) is 0.103. The second kappa shape index (κ2) is 4.75. The average molecular weight is 280 g/mol. The maximum Gasteiger partial charge on any atom is 0.256 e. The van der Waals surface area contributed by atoms with Gasteiger partial charge in [-0.2, -0.15) is 10.2 Å². The van der Waals surface area contributed by atoms with Crippen LogP contribution in [0.5, 0.6) is 0 Å². The van der Waals surface area contributed by atoms with Crippen molar-refractivity contribution in [3.63, 3.8) is 0 Å². The lowest BCUT2D eigenvalue weighted by atomic mass is 10.0. The van der Waals surface area contributed by atoms with Crippen molar-refractivity contribution in [3.05, 3.63) is 23.0 Å². The fourth-order valence-electron chi connectivity index (χ4n) is 3.35. The lowest BCUT2D eigenvalue weighted by Gasteiger charge is -2.37. The zero-order valence-corrected chi connectivity index (χ0v) is 12.0. The van der Waals surface area contributed by atoms with Crippen LogP contribution in [0.2, 0.25) is 0 Å². The van der Waals surface area contributed by atoms with Gasteiger partial charge in [0, 0.05) is 17.5 Å². The third kappa shape index (κ3) is 2.22. The van der Waals surface area contributed by atoms with Gasteiger partial charge in [0.1, 0.15) is 0 Å². The number of alkyl halides is 1. The van der Waals surface area contributed by atoms with Crippen molar-refractivity contribution < 1.29 is 4.79 Å². The number of fused-ring (bicyclic) bond motifs is 2. The molecule has 0 spiro atoms. The van der Waals surface area contributed by atoms with Crippen molar-refractivity contribution in [1.29, 1.82) is 0 Å². The van der Waals surface area contributed by atoms with Crippen molar-refractivity contribution in [3.8, 4) is 0 Å². The van der Waals surface area contributed by atoms with Crippen LogP contribution in [0.3, 0.4) is 0 Å². The van der Waals surface area contributed by atoms with Crippen LogP contribution in [0.4, 0.5) is 0 Å². The second-order valence-corrected chi connectivity index (χ2v) is 6.27. The minimum Gasteiger partial charge on any atom is -0.333 e. The Kier molecular flexibility index (Phi) is 3.21. The molecule has 3 rings (SSSR count). The van der Waals surface area contributed by atoms with E-state index in [1.165, 1.54) is 0 Å². The van der Waals surface area contributed by atoms with Crippen LogP contribution in [0.25, 0.3) is 0 Å². The summed E-state index contributed by atoms with van der Waals surface area (Å²) in [5, 5.41) is 8.27. The standard InChI is InChI=1S/C14H18ClN3O/c1-8-5-13(9(2)17-16-8)14(19)18-11-3-4-12(18)7-10(15)6-11/h5,10-12H,3-4,6-7H2,1-2H3. The van der Waals surface area contributed by atoms with Crippen molar-refractivity contribution in [1.82, 2.24) is 15.1 Å². The van der Waals surface area contributed by atoms with Gasteiger partial charge >= 0.3 is 0 Å². The number of hydrogen-bond acceptors (Lipinski definition) is 3. The highest BCUT2D eigenvalue weighted by molar-refractivity contribution is 6.20. The van der Waals surface area contributed by atoms with Gasteiger partial charge < -0.3 is 4.90 Å². The molecular weight excluding hydrogens is 262 g/mol. The van der Waals surface area contributed by atoms with Crippen molar-refractivity contribution in [2.24, 2.45) is 0 Å². The molecule has 2 saturated heterocycles. The first kappa shape index (κ1) is 12.9. The van der Waals surface area contributed by atoms with Crippen LogP contribution in [0, 0.1) is 13.8 Å². The quantitative estimate of drug-likeness (QED) is 0.742. The highest BCUT2D eigenvalue weighted by Crippen LogP contribution is 2.38. The predicted molar refractivity (Wildman–Crippen MR) is 73.4 cm³/mol. The molecule has 0 aromatic carbocycles. The molecule has 2 aliphatic heterocycles. The van der Waals surface area contributed by atoms with Crippen LogP contribution < -0.4 is 0 Å². The summed E-state index contributed by atoms with van der Waals surface area (Å²) < 4.78 is 0. The zero-order valence-electron chi connectivity index (χ0n) is 11.3. The lowest BCUT2D eigenvalue weighted by molar-refractivity contribution is 0.0598. The Hall–Kier alpha value is -1.16. The molecule has 0 aliphatic carbocycles. The van der Waals surface area contributed by atoms with Gasteiger partial charge in [0.05, 0.1) is 17.0 Å². The molecule has 2 atom stereocenters. The molecule has 0 N–H and O–H groups in total. The molecule has 19 heavy (non-hydrogen) atoms. The van der Waals surface area contributed by atoms with Crippen molar-refractivity contribution >= 4 is 17.5 Å². The molecule has 1 aromatic rings. The SMILES string of the molecule is Cc1cc(C(=O)N2C3CCC2CC(Cl)C3)c(C)nn1. The third-order valence-electron chi connectivity index (χ3n) is 4.24. The maximum atomic E-state index is 12.8. The largest absolute Gasteiger partial charge is 0.333 e. The molecule has 1 aromatic heterocycles. The van der Waals surface area contributed by atoms with Gasteiger partial charge in [-0.15, -0.1) is 11.6 Å². The Labute approximate surface area is 118 Å². The number of amides is 1. The van der Waals surface area contributed by atoms with Crippen LogP contribution in [-0.4, -0.2) is 38.5 Å². The normalized spacial score (nSPS) is 29.6. The number of hydrogen-bond donors (Lipinski definition) is 0. The Bertz CT molecular complexity index is 505. The van der Waals surface area contributed by atoms with E-state index in [1.807, 2.05) is 24.8 Å². The summed E-state index contributed by atoms with van der Waals surface area (Å²) in [6, 6.07) is 2.46. The summed E-state index contributed by atoms with van der Waals surface area (Å²) in [4.78, 5) is 14.8. The van der Waals surface area contributed by atoms with Crippen LogP contribution in [0.1, 0.15) is 47.4 Å². The van der Waals surface area contributed by atoms with Gasteiger partial charge in [0.15, 0.2) is 0 Å². The molecule has 2 aliphatic rings. The Balaban J connectivity index is 1.90. The summed E-state index contributed by atoms with van der Waals surface area (Å²) in [6.07, 6.45) is 3.99. The lowest BCUT2D eigenvalue weighted by Crippen LogP contribution is -2.47. The number of aryl methyl sites for hydroxylation is 2. The minimum absolute atomic E-state index is 0.103. The Morgan fingerprint density at radius 3 is 2.53 bits per heavy atom. The highest BCUT2D eigenvalue weighted by Gasteiger charge is 2.43. The van der Waals surface area contributed by atoms with Crippen LogP contribution in [-0.2, 0) is 0 Å². The molecule has 5 heteroatoms. The molecular formula is C14H18ClN3O. The van der Waals surface area contributed by atoms with E-state index >= 15 is 0 Å². The van der Waals surface area contributed by atoms with E-state index in [4.69, 9.17) is 11.6 Å². The summed E-state index contributed by atoms with van der Waals surface area (Å²) in [5.41, 5.74) is 2.19. The summed E-state index contributed by atoms with van der Waals surface area (Å²) >= 11 is 6.26. The van der Waals surface area contributed by atoms with Crippen molar-refractivity contribution in [2.75, 3.05) is 0 Å². The van der Waals surface area contributed by atoms with Gasteiger partial charge in [-0.1, -0.05) is 0 Å². The predicted octanol–water partition coefficient (Wildman–Crippen LogP) is 2.47. The van der Waals surface area contributed by atoms with E-state index in [1.54, 1.807) is 0 Å². The molecule has 2 unspecified atom stereocenters. The van der Waals surface area contributed by atoms with E-state index in [2.05, 4.69) is 10.2 Å². The molecule has 4 nitrogen and oxygen atoms in total. The third-order valence-corrected chi connectivity index (χ3v) is 4.60.